The zero-order valence-corrected chi connectivity index (χ0v) is 13.8. The summed E-state index contributed by atoms with van der Waals surface area (Å²) in [6.07, 6.45) is 2.54. The minimum atomic E-state index is 0.148. The van der Waals surface area contributed by atoms with Crippen LogP contribution in [0.15, 0.2) is 24.3 Å². The molecule has 1 saturated heterocycles. The van der Waals surface area contributed by atoms with Crippen LogP contribution in [-0.2, 0) is 4.74 Å². The van der Waals surface area contributed by atoms with Crippen LogP contribution in [0.25, 0.3) is 0 Å². The summed E-state index contributed by atoms with van der Waals surface area (Å²) < 4.78 is 11.7. The van der Waals surface area contributed by atoms with Crippen molar-refractivity contribution in [3.63, 3.8) is 0 Å². The lowest BCUT2D eigenvalue weighted by Gasteiger charge is -2.34. The molecule has 1 aliphatic heterocycles. The van der Waals surface area contributed by atoms with Crippen LogP contribution in [0.2, 0.25) is 0 Å². The summed E-state index contributed by atoms with van der Waals surface area (Å²) >= 11 is 0. The lowest BCUT2D eigenvalue weighted by molar-refractivity contribution is -0.0293. The number of ether oxygens (including phenoxy) is 2. The molecule has 2 atom stereocenters. The molecule has 0 aromatic heterocycles. The third kappa shape index (κ3) is 5.01. The molecule has 2 unspecified atom stereocenters. The molecule has 0 aliphatic carbocycles. The second-order valence-corrected chi connectivity index (χ2v) is 6.83. The highest BCUT2D eigenvalue weighted by atomic mass is 16.5. The smallest absolute Gasteiger partial charge is 0.119 e. The first kappa shape index (κ1) is 16.3. The van der Waals surface area contributed by atoms with Gasteiger partial charge in [-0.15, -0.1) is 0 Å². The van der Waals surface area contributed by atoms with E-state index in [9.17, 15) is 0 Å². The standard InChI is InChI=1S/C18H29NO2/c1-5-20-16-10-6-8-14(12-16)17-15(9-7-11-21-17)13-19-18(2,3)4/h6,8,10,12,15,17,19H,5,7,9,11,13H2,1-4H3. The topological polar surface area (TPSA) is 30.5 Å². The Balaban J connectivity index is 2.08. The highest BCUT2D eigenvalue weighted by molar-refractivity contribution is 5.30. The van der Waals surface area contributed by atoms with E-state index in [4.69, 9.17) is 9.47 Å². The van der Waals surface area contributed by atoms with Crippen molar-refractivity contribution in [3.8, 4) is 5.75 Å². The zero-order chi connectivity index (χ0) is 15.3. The van der Waals surface area contributed by atoms with Crippen LogP contribution >= 0.6 is 0 Å². The number of hydrogen-bond acceptors (Lipinski definition) is 3. The van der Waals surface area contributed by atoms with E-state index in [1.54, 1.807) is 0 Å². The molecule has 2 rings (SSSR count). The Labute approximate surface area is 129 Å². The minimum absolute atomic E-state index is 0.148. The monoisotopic (exact) mass is 291 g/mol. The van der Waals surface area contributed by atoms with Crippen LogP contribution in [0.5, 0.6) is 5.75 Å². The molecule has 1 aliphatic rings. The summed E-state index contributed by atoms with van der Waals surface area (Å²) in [5.41, 5.74) is 1.39. The summed E-state index contributed by atoms with van der Waals surface area (Å²) in [6.45, 7) is 11.2. The first-order valence-electron chi connectivity index (χ1n) is 8.09. The van der Waals surface area contributed by atoms with Crippen LogP contribution in [0.1, 0.15) is 52.2 Å². The van der Waals surface area contributed by atoms with Gasteiger partial charge < -0.3 is 14.8 Å². The van der Waals surface area contributed by atoms with Gasteiger partial charge in [0.1, 0.15) is 5.75 Å². The Hall–Kier alpha value is -1.06. The fourth-order valence-corrected chi connectivity index (χ4v) is 2.81. The van der Waals surface area contributed by atoms with Crippen molar-refractivity contribution < 1.29 is 9.47 Å². The maximum absolute atomic E-state index is 6.08. The molecule has 1 N–H and O–H groups in total. The Morgan fingerprint density at radius 3 is 2.86 bits per heavy atom. The van der Waals surface area contributed by atoms with Crippen molar-refractivity contribution in [2.75, 3.05) is 19.8 Å². The highest BCUT2D eigenvalue weighted by Crippen LogP contribution is 2.34. The average Bonchev–Trinajstić information content (AvgIpc) is 2.45. The van der Waals surface area contributed by atoms with Gasteiger partial charge in [0, 0.05) is 24.6 Å². The lowest BCUT2D eigenvalue weighted by atomic mass is 9.88. The second kappa shape index (κ2) is 7.28. The molecular formula is C18H29NO2. The summed E-state index contributed by atoms with van der Waals surface area (Å²) in [5, 5.41) is 3.62. The summed E-state index contributed by atoms with van der Waals surface area (Å²) in [6, 6.07) is 8.36. The molecule has 21 heavy (non-hydrogen) atoms. The molecule has 0 amide bonds. The highest BCUT2D eigenvalue weighted by Gasteiger charge is 2.28. The van der Waals surface area contributed by atoms with E-state index < -0.39 is 0 Å². The van der Waals surface area contributed by atoms with Crippen LogP contribution in [0, 0.1) is 5.92 Å². The Morgan fingerprint density at radius 2 is 2.14 bits per heavy atom. The van der Waals surface area contributed by atoms with E-state index in [0.717, 1.165) is 25.3 Å². The third-order valence-corrected chi connectivity index (χ3v) is 3.84. The number of rotatable bonds is 5. The van der Waals surface area contributed by atoms with Gasteiger partial charge in [-0.05, 0) is 58.2 Å². The van der Waals surface area contributed by atoms with Crippen molar-refractivity contribution >= 4 is 0 Å². The van der Waals surface area contributed by atoms with Crippen LogP contribution < -0.4 is 10.1 Å². The Bertz CT molecular complexity index is 439. The summed E-state index contributed by atoms with van der Waals surface area (Å²) in [7, 11) is 0. The second-order valence-electron chi connectivity index (χ2n) is 6.83. The molecule has 118 valence electrons. The van der Waals surface area contributed by atoms with Crippen molar-refractivity contribution in [1.82, 2.24) is 5.32 Å². The molecule has 0 radical (unpaired) electrons. The molecule has 1 aromatic carbocycles. The van der Waals surface area contributed by atoms with Gasteiger partial charge >= 0.3 is 0 Å². The van der Waals surface area contributed by atoms with Gasteiger partial charge in [-0.2, -0.15) is 0 Å². The van der Waals surface area contributed by atoms with Crippen molar-refractivity contribution in [2.24, 2.45) is 5.92 Å². The van der Waals surface area contributed by atoms with Crippen LogP contribution in [0.4, 0.5) is 0 Å². The molecule has 0 spiro atoms. The molecule has 3 heteroatoms. The van der Waals surface area contributed by atoms with E-state index in [1.165, 1.54) is 12.0 Å². The predicted octanol–water partition coefficient (Wildman–Crippen LogP) is 3.94. The average molecular weight is 291 g/mol. The number of nitrogens with one attached hydrogen (secondary N) is 1. The molecular weight excluding hydrogens is 262 g/mol. The van der Waals surface area contributed by atoms with Gasteiger partial charge in [-0.3, -0.25) is 0 Å². The van der Waals surface area contributed by atoms with Crippen molar-refractivity contribution in [1.29, 1.82) is 0 Å². The molecule has 0 bridgehead atoms. The summed E-state index contributed by atoms with van der Waals surface area (Å²) in [4.78, 5) is 0. The number of hydrogen-bond donors (Lipinski definition) is 1. The molecule has 3 nitrogen and oxygen atoms in total. The predicted molar refractivity (Wildman–Crippen MR) is 86.8 cm³/mol. The maximum Gasteiger partial charge on any atom is 0.119 e. The third-order valence-electron chi connectivity index (χ3n) is 3.84. The van der Waals surface area contributed by atoms with Gasteiger partial charge in [0.15, 0.2) is 0 Å². The van der Waals surface area contributed by atoms with Gasteiger partial charge in [0.05, 0.1) is 12.7 Å². The normalized spacial score (nSPS) is 23.0. The van der Waals surface area contributed by atoms with Gasteiger partial charge in [-0.25, -0.2) is 0 Å². The fourth-order valence-electron chi connectivity index (χ4n) is 2.81. The summed E-state index contributed by atoms with van der Waals surface area (Å²) in [5.74, 6) is 1.46. The molecule has 1 aromatic rings. The van der Waals surface area contributed by atoms with Crippen LogP contribution in [-0.4, -0.2) is 25.3 Å². The van der Waals surface area contributed by atoms with Gasteiger partial charge in [0.25, 0.3) is 0 Å². The molecule has 0 saturated carbocycles. The Kier molecular flexibility index (Phi) is 5.65. The molecule has 1 heterocycles. The van der Waals surface area contributed by atoms with E-state index in [-0.39, 0.29) is 11.6 Å². The van der Waals surface area contributed by atoms with E-state index in [1.807, 2.05) is 13.0 Å². The van der Waals surface area contributed by atoms with Crippen molar-refractivity contribution in [3.05, 3.63) is 29.8 Å². The van der Waals surface area contributed by atoms with Crippen molar-refractivity contribution in [2.45, 2.75) is 52.2 Å². The molecule has 1 fully saturated rings. The van der Waals surface area contributed by atoms with E-state index in [2.05, 4.69) is 44.3 Å². The Morgan fingerprint density at radius 1 is 1.33 bits per heavy atom. The zero-order valence-electron chi connectivity index (χ0n) is 13.8. The first-order chi connectivity index (χ1) is 9.99. The van der Waals surface area contributed by atoms with Gasteiger partial charge in [-0.1, -0.05) is 12.1 Å². The quantitative estimate of drug-likeness (QED) is 0.891. The maximum atomic E-state index is 6.08. The van der Waals surface area contributed by atoms with Gasteiger partial charge in [0.2, 0.25) is 0 Å². The minimum Gasteiger partial charge on any atom is -0.494 e. The lowest BCUT2D eigenvalue weighted by Crippen LogP contribution is -2.41. The largest absolute Gasteiger partial charge is 0.494 e. The number of benzene rings is 1. The van der Waals surface area contributed by atoms with E-state index >= 15 is 0 Å². The fraction of sp³-hybridized carbons (Fsp3) is 0.667. The van der Waals surface area contributed by atoms with Crippen LogP contribution in [0.3, 0.4) is 0 Å². The first-order valence-corrected chi connectivity index (χ1v) is 8.09. The SMILES string of the molecule is CCOc1cccc(C2OCCCC2CNC(C)(C)C)c1. The van der Waals surface area contributed by atoms with E-state index in [0.29, 0.717) is 12.5 Å².